The van der Waals surface area contributed by atoms with Crippen LogP contribution in [0.4, 0.5) is 5.69 Å². The monoisotopic (exact) mass is 248 g/mol. The third kappa shape index (κ3) is 4.06. The van der Waals surface area contributed by atoms with E-state index >= 15 is 0 Å². The molecule has 1 aromatic rings. The third-order valence-electron chi connectivity index (χ3n) is 2.46. The van der Waals surface area contributed by atoms with Gasteiger partial charge in [0, 0.05) is 6.07 Å². The van der Waals surface area contributed by atoms with Gasteiger partial charge >= 0.3 is 5.69 Å². The number of nitriles is 1. The third-order valence-corrected chi connectivity index (χ3v) is 2.46. The van der Waals surface area contributed by atoms with E-state index in [0.29, 0.717) is 18.1 Å². The van der Waals surface area contributed by atoms with Crippen LogP contribution in [0.25, 0.3) is 0 Å². The van der Waals surface area contributed by atoms with Gasteiger partial charge in [-0.15, -0.1) is 0 Å². The quantitative estimate of drug-likeness (QED) is 0.572. The molecule has 0 aliphatic heterocycles. The van der Waals surface area contributed by atoms with Crippen molar-refractivity contribution in [3.63, 3.8) is 0 Å². The number of nitrogens with zero attached hydrogens (tertiary/aromatic N) is 2. The van der Waals surface area contributed by atoms with Crippen molar-refractivity contribution in [3.8, 4) is 11.8 Å². The maximum absolute atomic E-state index is 10.9. The minimum atomic E-state index is -0.481. The minimum Gasteiger partial charge on any atom is -0.487 e. The van der Waals surface area contributed by atoms with Gasteiger partial charge in [0.1, 0.15) is 0 Å². The Morgan fingerprint density at radius 2 is 2.22 bits per heavy atom. The number of nitro groups is 1. The Kier molecular flexibility index (Phi) is 5.12. The molecule has 0 aliphatic rings. The van der Waals surface area contributed by atoms with Gasteiger partial charge in [-0.2, -0.15) is 5.26 Å². The summed E-state index contributed by atoms with van der Waals surface area (Å²) >= 11 is 0. The Hall–Kier alpha value is -2.09. The number of nitro benzene ring substituents is 1. The molecular weight excluding hydrogens is 232 g/mol. The summed E-state index contributed by atoms with van der Waals surface area (Å²) in [5.41, 5.74) is 0.548. The van der Waals surface area contributed by atoms with E-state index in [2.05, 4.69) is 13.8 Å². The van der Waals surface area contributed by atoms with E-state index in [-0.39, 0.29) is 17.9 Å². The van der Waals surface area contributed by atoms with Crippen LogP contribution < -0.4 is 4.74 Å². The second-order valence-electron chi connectivity index (χ2n) is 4.43. The lowest BCUT2D eigenvalue weighted by atomic mass is 10.1. The molecule has 96 valence electrons. The second-order valence-corrected chi connectivity index (χ2v) is 4.43. The van der Waals surface area contributed by atoms with Crippen LogP contribution in [0.15, 0.2) is 18.2 Å². The number of rotatable bonds is 6. The average molecular weight is 248 g/mol. The van der Waals surface area contributed by atoms with Gasteiger partial charge < -0.3 is 4.74 Å². The minimum absolute atomic E-state index is 0.0773. The molecule has 0 bridgehead atoms. The summed E-state index contributed by atoms with van der Waals surface area (Å²) in [5, 5.41) is 19.5. The molecule has 5 heteroatoms. The molecule has 0 amide bonds. The first kappa shape index (κ1) is 14.0. The van der Waals surface area contributed by atoms with Gasteiger partial charge in [-0.05, 0) is 24.0 Å². The first-order chi connectivity index (χ1) is 8.54. The molecule has 0 saturated carbocycles. The van der Waals surface area contributed by atoms with Gasteiger partial charge in [0.25, 0.3) is 0 Å². The second kappa shape index (κ2) is 6.60. The Labute approximate surface area is 106 Å². The zero-order chi connectivity index (χ0) is 13.5. The predicted octanol–water partition coefficient (Wildman–Crippen LogP) is 3.09. The Morgan fingerprint density at radius 3 is 2.78 bits per heavy atom. The van der Waals surface area contributed by atoms with Crippen molar-refractivity contribution in [2.24, 2.45) is 5.92 Å². The van der Waals surface area contributed by atoms with Crippen molar-refractivity contribution in [1.82, 2.24) is 0 Å². The lowest BCUT2D eigenvalue weighted by Gasteiger charge is -2.08. The van der Waals surface area contributed by atoms with Crippen LogP contribution in [0.5, 0.6) is 5.75 Å². The van der Waals surface area contributed by atoms with E-state index in [0.717, 1.165) is 6.42 Å². The maximum atomic E-state index is 10.9. The van der Waals surface area contributed by atoms with E-state index < -0.39 is 4.92 Å². The van der Waals surface area contributed by atoms with Gasteiger partial charge in [0.15, 0.2) is 5.75 Å². The van der Waals surface area contributed by atoms with Crippen molar-refractivity contribution < 1.29 is 9.66 Å². The fourth-order valence-corrected chi connectivity index (χ4v) is 1.43. The van der Waals surface area contributed by atoms with E-state index in [1.165, 1.54) is 6.07 Å². The lowest BCUT2D eigenvalue weighted by molar-refractivity contribution is -0.385. The highest BCUT2D eigenvalue weighted by Gasteiger charge is 2.15. The van der Waals surface area contributed by atoms with Crippen molar-refractivity contribution in [1.29, 1.82) is 5.26 Å². The van der Waals surface area contributed by atoms with E-state index in [1.54, 1.807) is 12.1 Å². The summed E-state index contributed by atoms with van der Waals surface area (Å²) < 4.78 is 5.42. The molecule has 0 unspecified atom stereocenters. The van der Waals surface area contributed by atoms with Crippen LogP contribution in [0, 0.1) is 27.4 Å². The first-order valence-electron chi connectivity index (χ1n) is 5.81. The highest BCUT2D eigenvalue weighted by Crippen LogP contribution is 2.28. The highest BCUT2D eigenvalue weighted by atomic mass is 16.6. The van der Waals surface area contributed by atoms with Crippen LogP contribution >= 0.6 is 0 Å². The molecule has 1 aromatic carbocycles. The molecule has 0 N–H and O–H groups in total. The molecule has 0 fully saturated rings. The normalized spacial score (nSPS) is 10.1. The molecule has 0 spiro atoms. The molecular formula is C13H16N2O3. The smallest absolute Gasteiger partial charge is 0.311 e. The number of hydrogen-bond donors (Lipinski definition) is 0. The summed E-state index contributed by atoms with van der Waals surface area (Å²) in [4.78, 5) is 10.4. The largest absolute Gasteiger partial charge is 0.487 e. The summed E-state index contributed by atoms with van der Waals surface area (Å²) in [7, 11) is 0. The molecule has 18 heavy (non-hydrogen) atoms. The maximum Gasteiger partial charge on any atom is 0.311 e. The average Bonchev–Trinajstić information content (AvgIpc) is 2.30. The summed E-state index contributed by atoms with van der Waals surface area (Å²) in [6.45, 7) is 4.58. The number of hydrogen-bond acceptors (Lipinski definition) is 4. The summed E-state index contributed by atoms with van der Waals surface area (Å²) in [6.07, 6.45) is 1.00. The molecule has 0 saturated heterocycles. The topological polar surface area (TPSA) is 76.2 Å². The Balaban J connectivity index is 2.84. The zero-order valence-electron chi connectivity index (χ0n) is 10.5. The number of benzene rings is 1. The van der Waals surface area contributed by atoms with Crippen LogP contribution in [0.2, 0.25) is 0 Å². The first-order valence-corrected chi connectivity index (χ1v) is 5.81. The molecule has 0 radical (unpaired) electrons. The SMILES string of the molecule is CC(C)CCOc1ccc(CC#N)cc1[N+](=O)[O-]. The molecule has 0 aliphatic carbocycles. The van der Waals surface area contributed by atoms with Crippen LogP contribution in [0.3, 0.4) is 0 Å². The fraction of sp³-hybridized carbons (Fsp3) is 0.462. The van der Waals surface area contributed by atoms with Crippen LogP contribution in [-0.4, -0.2) is 11.5 Å². The summed E-state index contributed by atoms with van der Waals surface area (Å²) in [5.74, 6) is 0.754. The Bertz CT molecular complexity index is 464. The Morgan fingerprint density at radius 1 is 1.50 bits per heavy atom. The zero-order valence-corrected chi connectivity index (χ0v) is 10.5. The predicted molar refractivity (Wildman–Crippen MR) is 67.4 cm³/mol. The fourth-order valence-electron chi connectivity index (χ4n) is 1.43. The van der Waals surface area contributed by atoms with Gasteiger partial charge in [0.2, 0.25) is 0 Å². The van der Waals surface area contributed by atoms with Crippen molar-refractivity contribution in [2.75, 3.05) is 6.61 Å². The van der Waals surface area contributed by atoms with E-state index in [9.17, 15) is 10.1 Å². The van der Waals surface area contributed by atoms with Crippen molar-refractivity contribution in [2.45, 2.75) is 26.7 Å². The van der Waals surface area contributed by atoms with Gasteiger partial charge in [-0.25, -0.2) is 0 Å². The van der Waals surface area contributed by atoms with Crippen LogP contribution in [-0.2, 0) is 6.42 Å². The van der Waals surface area contributed by atoms with Crippen molar-refractivity contribution in [3.05, 3.63) is 33.9 Å². The van der Waals surface area contributed by atoms with Crippen molar-refractivity contribution >= 4 is 5.69 Å². The molecule has 0 aromatic heterocycles. The highest BCUT2D eigenvalue weighted by molar-refractivity contribution is 5.49. The molecule has 1 rings (SSSR count). The lowest BCUT2D eigenvalue weighted by Crippen LogP contribution is -2.03. The molecule has 0 heterocycles. The van der Waals surface area contributed by atoms with Gasteiger partial charge in [0.05, 0.1) is 24.0 Å². The number of ether oxygens (including phenoxy) is 1. The van der Waals surface area contributed by atoms with Gasteiger partial charge in [-0.1, -0.05) is 19.9 Å². The molecule has 5 nitrogen and oxygen atoms in total. The standard InChI is InChI=1S/C13H16N2O3/c1-10(2)6-8-18-13-4-3-11(5-7-14)9-12(13)15(16)17/h3-4,9-10H,5-6,8H2,1-2H3. The van der Waals surface area contributed by atoms with E-state index in [1.807, 2.05) is 6.07 Å². The summed E-state index contributed by atoms with van der Waals surface area (Å²) in [6, 6.07) is 6.60. The molecule has 0 atom stereocenters. The van der Waals surface area contributed by atoms with Gasteiger partial charge in [-0.3, -0.25) is 10.1 Å². The van der Waals surface area contributed by atoms with Crippen LogP contribution in [0.1, 0.15) is 25.8 Å². The van der Waals surface area contributed by atoms with E-state index in [4.69, 9.17) is 10.00 Å².